The molecule has 26 heavy (non-hydrogen) atoms. The molecule has 0 saturated heterocycles. The molecule has 0 spiro atoms. The van der Waals surface area contributed by atoms with Crippen LogP contribution in [0.2, 0.25) is 0 Å². The number of rotatable bonds is 5. The van der Waals surface area contributed by atoms with Gasteiger partial charge in [-0.05, 0) is 6.07 Å². The first-order valence-electron chi connectivity index (χ1n) is 7.92. The first-order chi connectivity index (χ1) is 12.4. The molecule has 2 N–H and O–H groups in total. The number of aryl methyl sites for hydroxylation is 1. The SMILES string of the molecule is Cn1c(=O)c(C(=O)CCC(=O)O)c(O)c2cc(-c3ccccc3)ncc21. The highest BCUT2D eigenvalue weighted by atomic mass is 16.4. The zero-order chi connectivity index (χ0) is 18.8. The maximum Gasteiger partial charge on any atom is 0.303 e. The predicted molar refractivity (Wildman–Crippen MR) is 95.3 cm³/mol. The summed E-state index contributed by atoms with van der Waals surface area (Å²) in [4.78, 5) is 39.7. The molecule has 7 heteroatoms. The quantitative estimate of drug-likeness (QED) is 0.682. The van der Waals surface area contributed by atoms with E-state index < -0.39 is 35.0 Å². The number of aromatic hydroxyl groups is 1. The Balaban J connectivity index is 2.19. The van der Waals surface area contributed by atoms with Crippen molar-refractivity contribution >= 4 is 22.7 Å². The number of carboxylic acid groups (broad SMARTS) is 1. The summed E-state index contributed by atoms with van der Waals surface area (Å²) in [6, 6.07) is 10.9. The van der Waals surface area contributed by atoms with Crippen LogP contribution in [0.3, 0.4) is 0 Å². The van der Waals surface area contributed by atoms with Crippen molar-refractivity contribution in [3.63, 3.8) is 0 Å². The summed E-state index contributed by atoms with van der Waals surface area (Å²) in [6.07, 6.45) is 0.690. The van der Waals surface area contributed by atoms with E-state index in [2.05, 4.69) is 4.98 Å². The molecule has 0 radical (unpaired) electrons. The Morgan fingerprint density at radius 1 is 1.15 bits per heavy atom. The maximum atomic E-state index is 12.5. The number of Topliss-reactive ketones (excluding diaryl/α,β-unsaturated/α-hetero) is 1. The van der Waals surface area contributed by atoms with Gasteiger partial charge in [0.1, 0.15) is 11.3 Å². The summed E-state index contributed by atoms with van der Waals surface area (Å²) >= 11 is 0. The van der Waals surface area contributed by atoms with Gasteiger partial charge in [-0.25, -0.2) is 0 Å². The van der Waals surface area contributed by atoms with E-state index in [0.717, 1.165) is 5.56 Å². The second-order valence-corrected chi connectivity index (χ2v) is 5.86. The third kappa shape index (κ3) is 3.06. The highest BCUT2D eigenvalue weighted by Gasteiger charge is 2.22. The summed E-state index contributed by atoms with van der Waals surface area (Å²) in [7, 11) is 1.47. The smallest absolute Gasteiger partial charge is 0.303 e. The largest absolute Gasteiger partial charge is 0.506 e. The molecule has 0 aliphatic heterocycles. The third-order valence-electron chi connectivity index (χ3n) is 4.17. The summed E-state index contributed by atoms with van der Waals surface area (Å²) in [6.45, 7) is 0. The van der Waals surface area contributed by atoms with E-state index >= 15 is 0 Å². The predicted octanol–water partition coefficient (Wildman–Crippen LogP) is 2.35. The van der Waals surface area contributed by atoms with Gasteiger partial charge in [-0.3, -0.25) is 19.4 Å². The van der Waals surface area contributed by atoms with Crippen LogP contribution in [0.25, 0.3) is 22.2 Å². The van der Waals surface area contributed by atoms with Crippen molar-refractivity contribution in [1.29, 1.82) is 0 Å². The van der Waals surface area contributed by atoms with E-state index in [1.165, 1.54) is 17.8 Å². The number of nitrogens with zero attached hydrogens (tertiary/aromatic N) is 2. The number of hydrogen-bond donors (Lipinski definition) is 2. The number of ketones is 1. The fraction of sp³-hybridized carbons (Fsp3) is 0.158. The molecular weight excluding hydrogens is 336 g/mol. The normalized spacial score (nSPS) is 10.8. The third-order valence-corrected chi connectivity index (χ3v) is 4.17. The van der Waals surface area contributed by atoms with Crippen molar-refractivity contribution in [2.75, 3.05) is 0 Å². The van der Waals surface area contributed by atoms with Crippen LogP contribution in [0.15, 0.2) is 47.4 Å². The van der Waals surface area contributed by atoms with Gasteiger partial charge in [0.05, 0.1) is 23.8 Å². The number of hydrogen-bond acceptors (Lipinski definition) is 5. The average molecular weight is 352 g/mol. The molecule has 2 aromatic heterocycles. The van der Waals surface area contributed by atoms with Crippen LogP contribution in [0.5, 0.6) is 5.75 Å². The molecule has 0 fully saturated rings. The fourth-order valence-corrected chi connectivity index (χ4v) is 2.78. The van der Waals surface area contributed by atoms with Gasteiger partial charge in [-0.2, -0.15) is 0 Å². The van der Waals surface area contributed by atoms with E-state index in [-0.39, 0.29) is 6.42 Å². The van der Waals surface area contributed by atoms with E-state index in [4.69, 9.17) is 5.11 Å². The van der Waals surface area contributed by atoms with Crippen LogP contribution in [-0.4, -0.2) is 31.5 Å². The van der Waals surface area contributed by atoms with Crippen LogP contribution in [0.4, 0.5) is 0 Å². The average Bonchev–Trinajstić information content (AvgIpc) is 2.65. The summed E-state index contributed by atoms with van der Waals surface area (Å²) in [5, 5.41) is 19.6. The van der Waals surface area contributed by atoms with E-state index in [1.54, 1.807) is 6.07 Å². The molecular formula is C19H16N2O5. The molecule has 0 saturated carbocycles. The molecule has 7 nitrogen and oxygen atoms in total. The fourth-order valence-electron chi connectivity index (χ4n) is 2.78. The topological polar surface area (TPSA) is 109 Å². The second kappa shape index (κ2) is 6.79. The number of pyridine rings is 2. The molecule has 1 aromatic carbocycles. The highest BCUT2D eigenvalue weighted by Crippen LogP contribution is 2.29. The molecule has 2 heterocycles. The molecule has 0 atom stereocenters. The standard InChI is InChI=1S/C19H16N2O5/c1-21-14-10-20-13(11-5-3-2-4-6-11)9-12(14)18(25)17(19(21)26)15(22)7-8-16(23)24/h2-6,9-10,25H,7-8H2,1H3,(H,23,24). The van der Waals surface area contributed by atoms with Crippen LogP contribution in [0, 0.1) is 0 Å². The van der Waals surface area contributed by atoms with Crippen molar-refractivity contribution in [3.8, 4) is 17.0 Å². The molecule has 0 unspecified atom stereocenters. The number of benzene rings is 1. The monoisotopic (exact) mass is 352 g/mol. The van der Waals surface area contributed by atoms with Crippen LogP contribution in [0.1, 0.15) is 23.2 Å². The van der Waals surface area contributed by atoms with E-state index in [0.29, 0.717) is 16.6 Å². The number of aliphatic carboxylic acids is 1. The van der Waals surface area contributed by atoms with Gasteiger partial charge in [0, 0.05) is 24.4 Å². The van der Waals surface area contributed by atoms with Gasteiger partial charge in [-0.1, -0.05) is 30.3 Å². The summed E-state index contributed by atoms with van der Waals surface area (Å²) < 4.78 is 1.23. The lowest BCUT2D eigenvalue weighted by Gasteiger charge is -2.12. The van der Waals surface area contributed by atoms with Crippen LogP contribution < -0.4 is 5.56 Å². The Bertz CT molecular complexity index is 1070. The second-order valence-electron chi connectivity index (χ2n) is 5.86. The minimum Gasteiger partial charge on any atom is -0.506 e. The minimum absolute atomic E-state index is 0.305. The number of fused-ring (bicyclic) bond motifs is 1. The van der Waals surface area contributed by atoms with Crippen molar-refractivity contribution in [2.45, 2.75) is 12.8 Å². The van der Waals surface area contributed by atoms with Crippen LogP contribution in [-0.2, 0) is 11.8 Å². The zero-order valence-electron chi connectivity index (χ0n) is 14.0. The van der Waals surface area contributed by atoms with E-state index in [1.807, 2.05) is 30.3 Å². The molecule has 0 bridgehead atoms. The van der Waals surface area contributed by atoms with Crippen molar-refractivity contribution < 1.29 is 19.8 Å². The Morgan fingerprint density at radius 2 is 1.85 bits per heavy atom. The molecule has 0 amide bonds. The number of aromatic nitrogens is 2. The zero-order valence-corrected chi connectivity index (χ0v) is 14.0. The van der Waals surface area contributed by atoms with Gasteiger partial charge >= 0.3 is 5.97 Å². The Morgan fingerprint density at radius 3 is 2.50 bits per heavy atom. The van der Waals surface area contributed by atoms with Gasteiger partial charge in [-0.15, -0.1) is 0 Å². The van der Waals surface area contributed by atoms with E-state index in [9.17, 15) is 19.5 Å². The lowest BCUT2D eigenvalue weighted by Crippen LogP contribution is -2.25. The Hall–Kier alpha value is -3.48. The molecule has 0 aliphatic carbocycles. The van der Waals surface area contributed by atoms with Gasteiger partial charge in [0.2, 0.25) is 0 Å². The molecule has 3 aromatic rings. The first-order valence-corrected chi connectivity index (χ1v) is 7.92. The maximum absolute atomic E-state index is 12.5. The Kier molecular flexibility index (Phi) is 4.53. The minimum atomic E-state index is -1.15. The first kappa shape index (κ1) is 17.3. The number of carboxylic acids is 1. The van der Waals surface area contributed by atoms with Gasteiger partial charge in [0.15, 0.2) is 5.78 Å². The highest BCUT2D eigenvalue weighted by molar-refractivity contribution is 6.04. The summed E-state index contributed by atoms with van der Waals surface area (Å²) in [5.41, 5.74) is 0.700. The van der Waals surface area contributed by atoms with Crippen molar-refractivity contribution in [2.24, 2.45) is 7.05 Å². The van der Waals surface area contributed by atoms with Crippen LogP contribution >= 0.6 is 0 Å². The molecule has 3 rings (SSSR count). The number of carbonyl (C=O) groups is 2. The summed E-state index contributed by atoms with van der Waals surface area (Å²) in [5.74, 6) is -2.30. The molecule has 0 aliphatic rings. The lowest BCUT2D eigenvalue weighted by molar-refractivity contribution is -0.136. The number of carbonyl (C=O) groups excluding carboxylic acids is 1. The van der Waals surface area contributed by atoms with Gasteiger partial charge in [0.25, 0.3) is 5.56 Å². The van der Waals surface area contributed by atoms with Gasteiger partial charge < -0.3 is 14.8 Å². The van der Waals surface area contributed by atoms with Crippen molar-refractivity contribution in [1.82, 2.24) is 9.55 Å². The lowest BCUT2D eigenvalue weighted by atomic mass is 10.0. The van der Waals surface area contributed by atoms with Crippen molar-refractivity contribution in [3.05, 3.63) is 58.5 Å². The molecule has 132 valence electrons. The Labute approximate surface area is 148 Å².